The van der Waals surface area contributed by atoms with E-state index in [1.54, 1.807) is 0 Å². The van der Waals surface area contributed by atoms with Crippen molar-refractivity contribution < 1.29 is 4.79 Å². The van der Waals surface area contributed by atoms with E-state index in [0.29, 0.717) is 6.54 Å². The van der Waals surface area contributed by atoms with Crippen molar-refractivity contribution in [2.75, 3.05) is 18.4 Å². The van der Waals surface area contributed by atoms with E-state index in [0.717, 1.165) is 36.3 Å². The predicted octanol–water partition coefficient (Wildman–Crippen LogP) is 4.15. The van der Waals surface area contributed by atoms with Crippen LogP contribution in [0.15, 0.2) is 48.5 Å². The Morgan fingerprint density at radius 3 is 2.52 bits per heavy atom. The molecular formula is C20H26N2O. The van der Waals surface area contributed by atoms with E-state index in [1.807, 2.05) is 44.2 Å². The van der Waals surface area contributed by atoms with Crippen molar-refractivity contribution in [3.8, 4) is 0 Å². The van der Waals surface area contributed by atoms with Gasteiger partial charge < -0.3 is 5.32 Å². The minimum absolute atomic E-state index is 0.0445. The smallest absolute Gasteiger partial charge is 0.238 e. The molecule has 3 heteroatoms. The first kappa shape index (κ1) is 17.2. The quantitative estimate of drug-likeness (QED) is 0.833. The normalized spacial score (nSPS) is 10.8. The van der Waals surface area contributed by atoms with Gasteiger partial charge in [0.1, 0.15) is 0 Å². The maximum absolute atomic E-state index is 12.4. The lowest BCUT2D eigenvalue weighted by atomic mass is 10.1. The van der Waals surface area contributed by atoms with Crippen LogP contribution in [-0.4, -0.2) is 23.9 Å². The molecule has 2 aromatic rings. The molecule has 1 amide bonds. The fraction of sp³-hybridized carbons (Fsp3) is 0.350. The number of hydrogen-bond acceptors (Lipinski definition) is 2. The zero-order valence-corrected chi connectivity index (χ0v) is 14.3. The van der Waals surface area contributed by atoms with Crippen molar-refractivity contribution in [2.45, 2.75) is 33.7 Å². The number of nitrogens with one attached hydrogen (secondary N) is 1. The summed E-state index contributed by atoms with van der Waals surface area (Å²) in [6.07, 6.45) is 1.03. The molecule has 2 aromatic carbocycles. The second kappa shape index (κ2) is 8.49. The Bertz CT molecular complexity index is 637. The Labute approximate surface area is 139 Å². The van der Waals surface area contributed by atoms with E-state index >= 15 is 0 Å². The van der Waals surface area contributed by atoms with Gasteiger partial charge in [0.15, 0.2) is 0 Å². The molecule has 0 radical (unpaired) electrons. The summed E-state index contributed by atoms with van der Waals surface area (Å²) in [5, 5.41) is 3.05. The summed E-state index contributed by atoms with van der Waals surface area (Å²) in [5.41, 5.74) is 4.39. The number of carbonyl (C=O) groups is 1. The van der Waals surface area contributed by atoms with Gasteiger partial charge in [0.05, 0.1) is 6.54 Å². The SMILES string of the molecule is CCCN(CC(=O)Nc1cc(C)ccc1C)Cc1ccccc1. The number of nitrogens with zero attached hydrogens (tertiary/aromatic N) is 1. The molecule has 0 aromatic heterocycles. The summed E-state index contributed by atoms with van der Waals surface area (Å²) in [6, 6.07) is 16.4. The second-order valence-corrected chi connectivity index (χ2v) is 6.06. The zero-order valence-electron chi connectivity index (χ0n) is 14.3. The molecule has 1 N–H and O–H groups in total. The Morgan fingerprint density at radius 1 is 1.09 bits per heavy atom. The molecule has 0 spiro atoms. The van der Waals surface area contributed by atoms with Gasteiger partial charge in [-0.15, -0.1) is 0 Å². The Hall–Kier alpha value is -2.13. The summed E-state index contributed by atoms with van der Waals surface area (Å²) in [6.45, 7) is 8.32. The first-order valence-corrected chi connectivity index (χ1v) is 8.22. The van der Waals surface area contributed by atoms with Crippen molar-refractivity contribution in [2.24, 2.45) is 0 Å². The average molecular weight is 310 g/mol. The highest BCUT2D eigenvalue weighted by atomic mass is 16.2. The highest BCUT2D eigenvalue weighted by Crippen LogP contribution is 2.16. The molecule has 0 atom stereocenters. The summed E-state index contributed by atoms with van der Waals surface area (Å²) in [4.78, 5) is 14.6. The molecule has 0 aliphatic heterocycles. The molecule has 122 valence electrons. The summed E-state index contributed by atoms with van der Waals surface area (Å²) in [5.74, 6) is 0.0445. The van der Waals surface area contributed by atoms with Crippen LogP contribution >= 0.6 is 0 Å². The van der Waals surface area contributed by atoms with Crippen molar-refractivity contribution >= 4 is 11.6 Å². The van der Waals surface area contributed by atoms with E-state index < -0.39 is 0 Å². The minimum Gasteiger partial charge on any atom is -0.325 e. The Morgan fingerprint density at radius 2 is 1.83 bits per heavy atom. The van der Waals surface area contributed by atoms with Crippen LogP contribution in [0.4, 0.5) is 5.69 Å². The standard InChI is InChI=1S/C20H26N2O/c1-4-12-22(14-18-8-6-5-7-9-18)15-20(23)21-19-13-16(2)10-11-17(19)3/h5-11,13H,4,12,14-15H2,1-3H3,(H,21,23). The first-order valence-electron chi connectivity index (χ1n) is 8.22. The fourth-order valence-electron chi connectivity index (χ4n) is 2.64. The van der Waals surface area contributed by atoms with Gasteiger partial charge in [0.25, 0.3) is 0 Å². The molecule has 0 saturated carbocycles. The largest absolute Gasteiger partial charge is 0.325 e. The monoisotopic (exact) mass is 310 g/mol. The zero-order chi connectivity index (χ0) is 16.7. The maximum atomic E-state index is 12.4. The van der Waals surface area contributed by atoms with Crippen molar-refractivity contribution in [1.82, 2.24) is 4.90 Å². The first-order chi connectivity index (χ1) is 11.1. The Kier molecular flexibility index (Phi) is 6.36. The van der Waals surface area contributed by atoms with Crippen molar-refractivity contribution in [3.63, 3.8) is 0 Å². The number of aryl methyl sites for hydroxylation is 2. The predicted molar refractivity (Wildman–Crippen MR) is 96.6 cm³/mol. The van der Waals surface area contributed by atoms with Gasteiger partial charge >= 0.3 is 0 Å². The molecule has 0 aliphatic carbocycles. The van der Waals surface area contributed by atoms with Crippen LogP contribution in [0.5, 0.6) is 0 Å². The average Bonchev–Trinajstić information content (AvgIpc) is 2.52. The summed E-state index contributed by atoms with van der Waals surface area (Å²) < 4.78 is 0. The minimum atomic E-state index is 0.0445. The van der Waals surface area contributed by atoms with Crippen molar-refractivity contribution in [3.05, 3.63) is 65.2 Å². The third kappa shape index (κ3) is 5.53. The molecule has 3 nitrogen and oxygen atoms in total. The highest BCUT2D eigenvalue weighted by molar-refractivity contribution is 5.93. The fourth-order valence-corrected chi connectivity index (χ4v) is 2.64. The molecule has 2 rings (SSSR count). The highest BCUT2D eigenvalue weighted by Gasteiger charge is 2.12. The number of hydrogen-bond donors (Lipinski definition) is 1. The molecule has 0 bridgehead atoms. The van der Waals surface area contributed by atoms with Crippen LogP contribution in [-0.2, 0) is 11.3 Å². The molecule has 0 aliphatic rings. The molecule has 0 heterocycles. The third-order valence-electron chi connectivity index (χ3n) is 3.82. The van der Waals surface area contributed by atoms with Crippen LogP contribution in [0.3, 0.4) is 0 Å². The molecule has 0 saturated heterocycles. The van der Waals surface area contributed by atoms with Gasteiger partial charge in [-0.2, -0.15) is 0 Å². The van der Waals surface area contributed by atoms with E-state index in [-0.39, 0.29) is 5.91 Å². The summed E-state index contributed by atoms with van der Waals surface area (Å²) in [7, 11) is 0. The van der Waals surface area contributed by atoms with Crippen LogP contribution < -0.4 is 5.32 Å². The number of carbonyl (C=O) groups excluding carboxylic acids is 1. The van der Waals surface area contributed by atoms with Gasteiger partial charge in [-0.05, 0) is 49.6 Å². The Balaban J connectivity index is 1.98. The third-order valence-corrected chi connectivity index (χ3v) is 3.82. The van der Waals surface area contributed by atoms with Gasteiger partial charge in [0, 0.05) is 12.2 Å². The van der Waals surface area contributed by atoms with Crippen LogP contribution in [0, 0.1) is 13.8 Å². The van der Waals surface area contributed by atoms with Crippen LogP contribution in [0.25, 0.3) is 0 Å². The molecule has 0 fully saturated rings. The lowest BCUT2D eigenvalue weighted by Crippen LogP contribution is -2.33. The maximum Gasteiger partial charge on any atom is 0.238 e. The molecule has 23 heavy (non-hydrogen) atoms. The number of benzene rings is 2. The van der Waals surface area contributed by atoms with E-state index in [4.69, 9.17) is 0 Å². The number of amides is 1. The number of rotatable bonds is 7. The van der Waals surface area contributed by atoms with Gasteiger partial charge in [0.2, 0.25) is 5.91 Å². The van der Waals surface area contributed by atoms with Crippen LogP contribution in [0.1, 0.15) is 30.0 Å². The topological polar surface area (TPSA) is 32.3 Å². The van der Waals surface area contributed by atoms with E-state index in [1.165, 1.54) is 5.56 Å². The van der Waals surface area contributed by atoms with Gasteiger partial charge in [-0.3, -0.25) is 9.69 Å². The van der Waals surface area contributed by atoms with E-state index in [2.05, 4.69) is 35.3 Å². The van der Waals surface area contributed by atoms with Crippen LogP contribution in [0.2, 0.25) is 0 Å². The second-order valence-electron chi connectivity index (χ2n) is 6.06. The number of anilines is 1. The van der Waals surface area contributed by atoms with Gasteiger partial charge in [-0.1, -0.05) is 49.4 Å². The molecular weight excluding hydrogens is 284 g/mol. The summed E-state index contributed by atoms with van der Waals surface area (Å²) >= 11 is 0. The molecule has 0 unspecified atom stereocenters. The van der Waals surface area contributed by atoms with Gasteiger partial charge in [-0.25, -0.2) is 0 Å². The lowest BCUT2D eigenvalue weighted by Gasteiger charge is -2.21. The van der Waals surface area contributed by atoms with Crippen molar-refractivity contribution in [1.29, 1.82) is 0 Å². The van der Waals surface area contributed by atoms with E-state index in [9.17, 15) is 4.79 Å². The lowest BCUT2D eigenvalue weighted by molar-refractivity contribution is -0.117.